The van der Waals surface area contributed by atoms with Crippen LogP contribution in [0, 0.1) is 0 Å². The minimum absolute atomic E-state index is 0. The summed E-state index contributed by atoms with van der Waals surface area (Å²) < 4.78 is 0. The Hall–Kier alpha value is -1.89. The lowest BCUT2D eigenvalue weighted by Crippen LogP contribution is -2.47. The molecule has 1 aliphatic heterocycles. The zero-order valence-corrected chi connectivity index (χ0v) is 15.5. The lowest BCUT2D eigenvalue weighted by molar-refractivity contribution is 0.260. The second-order valence-corrected chi connectivity index (χ2v) is 5.87. The summed E-state index contributed by atoms with van der Waals surface area (Å²) in [5, 5.41) is 0. The number of fused-ring (bicyclic) bond motifs is 1. The van der Waals surface area contributed by atoms with Crippen molar-refractivity contribution in [3.05, 3.63) is 48.4 Å². The second kappa shape index (κ2) is 8.99. The van der Waals surface area contributed by atoms with Crippen molar-refractivity contribution < 1.29 is 0 Å². The normalized spacial score (nSPS) is 14.8. The van der Waals surface area contributed by atoms with E-state index in [-0.39, 0.29) is 24.8 Å². The van der Waals surface area contributed by atoms with Crippen LogP contribution in [0.1, 0.15) is 5.56 Å². The van der Waals surface area contributed by atoms with Gasteiger partial charge >= 0.3 is 0 Å². The maximum absolute atomic E-state index is 4.53. The summed E-state index contributed by atoms with van der Waals surface area (Å²) in [7, 11) is 0. The van der Waals surface area contributed by atoms with E-state index in [0.29, 0.717) is 0 Å². The van der Waals surface area contributed by atoms with Gasteiger partial charge in [-0.15, -0.1) is 24.8 Å². The second-order valence-electron chi connectivity index (χ2n) is 5.87. The summed E-state index contributed by atoms with van der Waals surface area (Å²) in [4.78, 5) is 21.0. The molecule has 3 heterocycles. The number of H-pyrrole nitrogens is 1. The lowest BCUT2D eigenvalue weighted by atomic mass is 10.1. The molecule has 0 aliphatic carbocycles. The Balaban J connectivity index is 0.00000113. The van der Waals surface area contributed by atoms with E-state index in [2.05, 4.69) is 60.1 Å². The molecule has 3 aromatic rings. The van der Waals surface area contributed by atoms with Crippen molar-refractivity contribution in [2.45, 2.75) is 6.42 Å². The molecule has 8 heteroatoms. The average molecular weight is 381 g/mol. The highest BCUT2D eigenvalue weighted by Crippen LogP contribution is 2.14. The molecule has 1 fully saturated rings. The van der Waals surface area contributed by atoms with E-state index in [0.717, 1.165) is 56.3 Å². The SMILES string of the molecule is Cl.Cl.c1ccc(CCN2CCN(c3ncc4[nH]cnc4n3)CC2)cc1. The van der Waals surface area contributed by atoms with Gasteiger partial charge in [-0.05, 0) is 12.0 Å². The minimum Gasteiger partial charge on any atom is -0.342 e. The Bertz CT molecular complexity index is 771. The maximum atomic E-state index is 4.53. The molecular weight excluding hydrogens is 359 g/mol. The van der Waals surface area contributed by atoms with Crippen molar-refractivity contribution in [3.8, 4) is 0 Å². The fourth-order valence-corrected chi connectivity index (χ4v) is 2.98. The zero-order chi connectivity index (χ0) is 15.5. The number of halogens is 2. The molecule has 1 N–H and O–H groups in total. The molecule has 6 nitrogen and oxygen atoms in total. The summed E-state index contributed by atoms with van der Waals surface area (Å²) in [6.45, 7) is 5.14. The highest BCUT2D eigenvalue weighted by molar-refractivity contribution is 5.85. The van der Waals surface area contributed by atoms with Gasteiger partial charge in [0.25, 0.3) is 0 Å². The first kappa shape index (κ1) is 19.4. The van der Waals surface area contributed by atoms with E-state index in [4.69, 9.17) is 0 Å². The van der Waals surface area contributed by atoms with Crippen LogP contribution >= 0.6 is 24.8 Å². The Morgan fingerprint density at radius 1 is 0.960 bits per heavy atom. The Morgan fingerprint density at radius 3 is 2.48 bits per heavy atom. The zero-order valence-electron chi connectivity index (χ0n) is 13.8. The molecule has 134 valence electrons. The van der Waals surface area contributed by atoms with E-state index in [1.165, 1.54) is 5.56 Å². The number of rotatable bonds is 4. The van der Waals surface area contributed by atoms with E-state index in [9.17, 15) is 0 Å². The van der Waals surface area contributed by atoms with Gasteiger partial charge in [-0.1, -0.05) is 30.3 Å². The molecule has 0 atom stereocenters. The number of hydrogen-bond donors (Lipinski definition) is 1. The summed E-state index contributed by atoms with van der Waals surface area (Å²) in [6.07, 6.45) is 4.58. The van der Waals surface area contributed by atoms with Crippen LogP contribution in [0.3, 0.4) is 0 Å². The van der Waals surface area contributed by atoms with Crippen molar-refractivity contribution >= 4 is 41.9 Å². The van der Waals surface area contributed by atoms with Crippen molar-refractivity contribution in [1.29, 1.82) is 0 Å². The van der Waals surface area contributed by atoms with Crippen LogP contribution in [0.4, 0.5) is 5.95 Å². The van der Waals surface area contributed by atoms with Crippen LogP contribution in [0.5, 0.6) is 0 Å². The summed E-state index contributed by atoms with van der Waals surface area (Å²) >= 11 is 0. The van der Waals surface area contributed by atoms with E-state index in [1.54, 1.807) is 6.33 Å². The predicted octanol–water partition coefficient (Wildman–Crippen LogP) is 2.56. The number of imidazole rings is 1. The molecule has 1 aliphatic rings. The predicted molar refractivity (Wildman–Crippen MR) is 105 cm³/mol. The van der Waals surface area contributed by atoms with Crippen molar-refractivity contribution in [1.82, 2.24) is 24.8 Å². The molecule has 0 bridgehead atoms. The largest absolute Gasteiger partial charge is 0.342 e. The third kappa shape index (κ3) is 4.60. The monoisotopic (exact) mass is 380 g/mol. The molecule has 4 rings (SSSR count). The smallest absolute Gasteiger partial charge is 0.227 e. The van der Waals surface area contributed by atoms with Gasteiger partial charge in [0.05, 0.1) is 12.5 Å². The molecule has 1 aromatic carbocycles. The quantitative estimate of drug-likeness (QED) is 0.753. The fraction of sp³-hybridized carbons (Fsp3) is 0.353. The topological polar surface area (TPSA) is 60.9 Å². The first-order valence-electron chi connectivity index (χ1n) is 8.06. The number of anilines is 1. The Kier molecular flexibility index (Phi) is 6.99. The molecular formula is C17H22Cl2N6. The van der Waals surface area contributed by atoms with Crippen LogP contribution in [0.25, 0.3) is 11.2 Å². The minimum atomic E-state index is 0. The summed E-state index contributed by atoms with van der Waals surface area (Å²) in [5.41, 5.74) is 3.03. The summed E-state index contributed by atoms with van der Waals surface area (Å²) in [6, 6.07) is 10.7. The van der Waals surface area contributed by atoms with Gasteiger partial charge in [0.2, 0.25) is 5.95 Å². The molecule has 0 spiro atoms. The van der Waals surface area contributed by atoms with Crippen LogP contribution < -0.4 is 4.90 Å². The van der Waals surface area contributed by atoms with E-state index >= 15 is 0 Å². The Labute approximate surface area is 159 Å². The number of piperazine rings is 1. The molecule has 0 saturated carbocycles. The van der Waals surface area contributed by atoms with Crippen molar-refractivity contribution in [2.24, 2.45) is 0 Å². The highest BCUT2D eigenvalue weighted by atomic mass is 35.5. The van der Waals surface area contributed by atoms with Crippen LogP contribution in [-0.4, -0.2) is 57.6 Å². The maximum Gasteiger partial charge on any atom is 0.227 e. The molecule has 25 heavy (non-hydrogen) atoms. The van der Waals surface area contributed by atoms with Crippen LogP contribution in [0.2, 0.25) is 0 Å². The standard InChI is InChI=1S/C17H20N6.2ClH/c1-2-4-14(5-3-1)6-7-22-8-10-23(11-9-22)17-18-12-15-16(21-17)20-13-19-15;;/h1-5,12-13H,6-11H2,(H,18,19,20,21);2*1H. The van der Waals surface area contributed by atoms with E-state index < -0.39 is 0 Å². The first-order chi connectivity index (χ1) is 11.4. The van der Waals surface area contributed by atoms with Crippen LogP contribution in [0.15, 0.2) is 42.9 Å². The first-order valence-corrected chi connectivity index (χ1v) is 8.06. The average Bonchev–Trinajstić information content (AvgIpc) is 3.09. The Morgan fingerprint density at radius 2 is 1.72 bits per heavy atom. The molecule has 0 unspecified atom stereocenters. The molecule has 0 amide bonds. The third-order valence-electron chi connectivity index (χ3n) is 4.38. The van der Waals surface area contributed by atoms with Gasteiger partial charge in [0, 0.05) is 32.7 Å². The number of nitrogens with zero attached hydrogens (tertiary/aromatic N) is 5. The number of aromatic amines is 1. The lowest BCUT2D eigenvalue weighted by Gasteiger charge is -2.34. The van der Waals surface area contributed by atoms with Gasteiger partial charge in [-0.3, -0.25) is 4.90 Å². The van der Waals surface area contributed by atoms with Gasteiger partial charge in [0.15, 0.2) is 5.65 Å². The van der Waals surface area contributed by atoms with Gasteiger partial charge in [-0.25, -0.2) is 9.97 Å². The fourth-order valence-electron chi connectivity index (χ4n) is 2.98. The van der Waals surface area contributed by atoms with Crippen molar-refractivity contribution in [3.63, 3.8) is 0 Å². The number of benzene rings is 1. The van der Waals surface area contributed by atoms with Gasteiger partial charge in [0.1, 0.15) is 5.52 Å². The van der Waals surface area contributed by atoms with Gasteiger partial charge < -0.3 is 9.88 Å². The third-order valence-corrected chi connectivity index (χ3v) is 4.38. The van der Waals surface area contributed by atoms with Crippen LogP contribution in [-0.2, 0) is 6.42 Å². The molecule has 2 aromatic heterocycles. The van der Waals surface area contributed by atoms with Gasteiger partial charge in [-0.2, -0.15) is 4.98 Å². The number of aromatic nitrogens is 4. The molecule has 0 radical (unpaired) electrons. The highest BCUT2D eigenvalue weighted by Gasteiger charge is 2.19. The van der Waals surface area contributed by atoms with Crippen molar-refractivity contribution in [2.75, 3.05) is 37.6 Å². The van der Waals surface area contributed by atoms with E-state index in [1.807, 2.05) is 6.20 Å². The summed E-state index contributed by atoms with van der Waals surface area (Å²) in [5.74, 6) is 0.785. The number of hydrogen-bond acceptors (Lipinski definition) is 5. The molecule has 1 saturated heterocycles. The number of nitrogens with one attached hydrogen (secondary N) is 1.